The minimum absolute atomic E-state index is 0. The molecule has 1 aromatic carbocycles. The Balaban J connectivity index is 0.00000300. The second-order valence-corrected chi connectivity index (χ2v) is 7.25. The Morgan fingerprint density at radius 1 is 1.17 bits per heavy atom. The highest BCUT2D eigenvalue weighted by Gasteiger charge is 2.22. The maximum atomic E-state index is 12.5. The van der Waals surface area contributed by atoms with E-state index in [2.05, 4.69) is 39.8 Å². The number of halogens is 1. The zero-order valence-corrected chi connectivity index (χ0v) is 20.0. The molecule has 1 aromatic heterocycles. The number of hydrogen-bond donors (Lipinski definition) is 2. The van der Waals surface area contributed by atoms with E-state index in [0.717, 1.165) is 36.9 Å². The SMILES string of the molecule is CN=C(NCCCC(=O)N1Cc2ccccc2C1)NCc1c(C)nn(C)c1C.I. The standard InChI is InChI=1S/C21H30N6O.HI/c1-15-19(16(2)26(4)25-15)12-24-21(22-3)23-11-7-10-20(28)27-13-17-8-5-6-9-18(17)14-27;/h5-6,8-9H,7,10-14H2,1-4H3,(H2,22,23,24);1H. The lowest BCUT2D eigenvalue weighted by Crippen LogP contribution is -2.38. The lowest BCUT2D eigenvalue weighted by molar-refractivity contribution is -0.131. The van der Waals surface area contributed by atoms with Gasteiger partial charge in [0.15, 0.2) is 5.96 Å². The van der Waals surface area contributed by atoms with Crippen molar-refractivity contribution in [2.24, 2.45) is 12.0 Å². The molecule has 3 rings (SSSR count). The molecule has 1 aliphatic heterocycles. The monoisotopic (exact) mass is 510 g/mol. The highest BCUT2D eigenvalue weighted by Crippen LogP contribution is 2.22. The molecule has 0 atom stereocenters. The number of aliphatic imine (C=N–C) groups is 1. The molecule has 2 aromatic rings. The Kier molecular flexibility index (Phi) is 8.48. The molecular formula is C21H31IN6O. The number of nitrogens with one attached hydrogen (secondary N) is 2. The van der Waals surface area contributed by atoms with Crippen LogP contribution in [0.1, 0.15) is 40.9 Å². The maximum Gasteiger partial charge on any atom is 0.223 e. The molecule has 2 heterocycles. The highest BCUT2D eigenvalue weighted by atomic mass is 127. The van der Waals surface area contributed by atoms with E-state index >= 15 is 0 Å². The van der Waals surface area contributed by atoms with Crippen LogP contribution in [0.3, 0.4) is 0 Å². The lowest BCUT2D eigenvalue weighted by atomic mass is 10.1. The van der Waals surface area contributed by atoms with Crippen molar-refractivity contribution >= 4 is 35.8 Å². The topological polar surface area (TPSA) is 74.6 Å². The molecule has 2 N–H and O–H groups in total. The van der Waals surface area contributed by atoms with E-state index in [0.29, 0.717) is 19.5 Å². The largest absolute Gasteiger partial charge is 0.356 e. The Morgan fingerprint density at radius 2 is 1.83 bits per heavy atom. The van der Waals surface area contributed by atoms with E-state index in [1.54, 1.807) is 7.05 Å². The second kappa shape index (κ2) is 10.6. The number of benzene rings is 1. The fourth-order valence-corrected chi connectivity index (χ4v) is 3.58. The van der Waals surface area contributed by atoms with Crippen molar-refractivity contribution in [1.82, 2.24) is 25.3 Å². The summed E-state index contributed by atoms with van der Waals surface area (Å²) >= 11 is 0. The van der Waals surface area contributed by atoms with Gasteiger partial charge in [-0.15, -0.1) is 24.0 Å². The van der Waals surface area contributed by atoms with Gasteiger partial charge in [0.1, 0.15) is 0 Å². The molecule has 0 unspecified atom stereocenters. The summed E-state index contributed by atoms with van der Waals surface area (Å²) in [4.78, 5) is 18.7. The van der Waals surface area contributed by atoms with Gasteiger partial charge in [-0.3, -0.25) is 14.5 Å². The summed E-state index contributed by atoms with van der Waals surface area (Å²) in [5.74, 6) is 0.950. The predicted molar refractivity (Wildman–Crippen MR) is 126 cm³/mol. The third-order valence-corrected chi connectivity index (χ3v) is 5.37. The second-order valence-electron chi connectivity index (χ2n) is 7.25. The molecule has 8 heteroatoms. The molecule has 0 saturated heterocycles. The van der Waals surface area contributed by atoms with Crippen LogP contribution in [-0.4, -0.2) is 40.1 Å². The number of nitrogens with zero attached hydrogens (tertiary/aromatic N) is 4. The molecule has 158 valence electrons. The van der Waals surface area contributed by atoms with E-state index in [-0.39, 0.29) is 29.9 Å². The average Bonchev–Trinajstić information content (AvgIpc) is 3.22. The van der Waals surface area contributed by atoms with Gasteiger partial charge in [-0.05, 0) is 31.4 Å². The van der Waals surface area contributed by atoms with E-state index < -0.39 is 0 Å². The number of guanidine groups is 1. The summed E-state index contributed by atoms with van der Waals surface area (Å²) in [6, 6.07) is 8.27. The van der Waals surface area contributed by atoms with Gasteiger partial charge in [0, 0.05) is 58.0 Å². The Labute approximate surface area is 190 Å². The molecule has 0 radical (unpaired) electrons. The molecule has 1 amide bonds. The molecule has 0 saturated carbocycles. The lowest BCUT2D eigenvalue weighted by Gasteiger charge is -2.16. The number of fused-ring (bicyclic) bond motifs is 1. The van der Waals surface area contributed by atoms with Crippen LogP contribution < -0.4 is 10.6 Å². The Bertz CT molecular complexity index is 851. The van der Waals surface area contributed by atoms with Gasteiger partial charge in [0.2, 0.25) is 5.91 Å². The number of amides is 1. The fraction of sp³-hybridized carbons (Fsp3) is 0.476. The van der Waals surface area contributed by atoms with Crippen LogP contribution in [0.15, 0.2) is 29.3 Å². The summed E-state index contributed by atoms with van der Waals surface area (Å²) in [6.07, 6.45) is 1.32. The van der Waals surface area contributed by atoms with Crippen LogP contribution in [0.25, 0.3) is 0 Å². The number of aryl methyl sites for hydroxylation is 2. The first-order valence-electron chi connectivity index (χ1n) is 9.77. The van der Waals surface area contributed by atoms with Crippen LogP contribution in [0.2, 0.25) is 0 Å². The number of carbonyl (C=O) groups is 1. The van der Waals surface area contributed by atoms with Crippen LogP contribution in [0.5, 0.6) is 0 Å². The number of carbonyl (C=O) groups excluding carboxylic acids is 1. The number of hydrogen-bond acceptors (Lipinski definition) is 3. The van der Waals surface area contributed by atoms with Gasteiger partial charge in [-0.2, -0.15) is 5.10 Å². The quantitative estimate of drug-likeness (QED) is 0.271. The van der Waals surface area contributed by atoms with Gasteiger partial charge in [-0.1, -0.05) is 24.3 Å². The molecule has 0 spiro atoms. The number of aromatic nitrogens is 2. The van der Waals surface area contributed by atoms with Crippen LogP contribution in [0.4, 0.5) is 0 Å². The molecule has 1 aliphatic rings. The van der Waals surface area contributed by atoms with Crippen LogP contribution in [0, 0.1) is 13.8 Å². The van der Waals surface area contributed by atoms with E-state index in [1.807, 2.05) is 35.7 Å². The zero-order valence-electron chi connectivity index (χ0n) is 17.7. The highest BCUT2D eigenvalue weighted by molar-refractivity contribution is 14.0. The molecule has 7 nitrogen and oxygen atoms in total. The zero-order chi connectivity index (χ0) is 20.1. The molecule has 29 heavy (non-hydrogen) atoms. The third-order valence-electron chi connectivity index (χ3n) is 5.37. The van der Waals surface area contributed by atoms with Gasteiger partial charge in [-0.25, -0.2) is 0 Å². The average molecular weight is 510 g/mol. The van der Waals surface area contributed by atoms with Gasteiger partial charge in [0.25, 0.3) is 0 Å². The first-order valence-corrected chi connectivity index (χ1v) is 9.77. The van der Waals surface area contributed by atoms with Gasteiger partial charge < -0.3 is 15.5 Å². The summed E-state index contributed by atoms with van der Waals surface area (Å²) in [6.45, 7) is 6.93. The van der Waals surface area contributed by atoms with Crippen molar-refractivity contribution in [3.05, 3.63) is 52.3 Å². The summed E-state index contributed by atoms with van der Waals surface area (Å²) < 4.78 is 1.89. The minimum atomic E-state index is 0. The van der Waals surface area contributed by atoms with Crippen molar-refractivity contribution in [2.75, 3.05) is 13.6 Å². The Morgan fingerprint density at radius 3 is 2.38 bits per heavy atom. The predicted octanol–water partition coefficient (Wildman–Crippen LogP) is 2.64. The van der Waals surface area contributed by atoms with Crippen LogP contribution >= 0.6 is 24.0 Å². The van der Waals surface area contributed by atoms with Crippen molar-refractivity contribution in [3.8, 4) is 0 Å². The van der Waals surface area contributed by atoms with Gasteiger partial charge >= 0.3 is 0 Å². The summed E-state index contributed by atoms with van der Waals surface area (Å²) in [5.41, 5.74) is 5.89. The van der Waals surface area contributed by atoms with E-state index in [1.165, 1.54) is 16.7 Å². The fourth-order valence-electron chi connectivity index (χ4n) is 3.58. The Hall–Kier alpha value is -2.10. The third kappa shape index (κ3) is 5.71. The minimum Gasteiger partial charge on any atom is -0.356 e. The van der Waals surface area contributed by atoms with Crippen LogP contribution in [-0.2, 0) is 31.5 Å². The first kappa shape index (κ1) is 23.2. The first-order chi connectivity index (χ1) is 13.5. The normalized spacial score (nSPS) is 13.1. The van der Waals surface area contributed by atoms with E-state index in [9.17, 15) is 4.79 Å². The van der Waals surface area contributed by atoms with E-state index in [4.69, 9.17) is 0 Å². The molecule has 0 aliphatic carbocycles. The molecule has 0 fully saturated rings. The molecule has 0 bridgehead atoms. The molecular weight excluding hydrogens is 479 g/mol. The smallest absolute Gasteiger partial charge is 0.223 e. The van der Waals surface area contributed by atoms with Crippen molar-refractivity contribution in [1.29, 1.82) is 0 Å². The summed E-state index contributed by atoms with van der Waals surface area (Å²) in [5, 5.41) is 11.1. The van der Waals surface area contributed by atoms with Crippen molar-refractivity contribution in [2.45, 2.75) is 46.3 Å². The maximum absolute atomic E-state index is 12.5. The summed E-state index contributed by atoms with van der Waals surface area (Å²) in [7, 11) is 3.71. The van der Waals surface area contributed by atoms with Crippen molar-refractivity contribution < 1.29 is 4.79 Å². The van der Waals surface area contributed by atoms with Gasteiger partial charge in [0.05, 0.1) is 5.69 Å². The number of rotatable bonds is 6. The van der Waals surface area contributed by atoms with Crippen molar-refractivity contribution in [3.63, 3.8) is 0 Å².